The molecule has 3 atom stereocenters. The van der Waals surface area contributed by atoms with Crippen LogP contribution in [-0.4, -0.2) is 28.4 Å². The van der Waals surface area contributed by atoms with Gasteiger partial charge in [-0.15, -0.1) is 0 Å². The smallest absolute Gasteiger partial charge is 0.0782 e. The summed E-state index contributed by atoms with van der Waals surface area (Å²) in [4.78, 5) is 2.43. The third kappa shape index (κ3) is 2.41. The highest BCUT2D eigenvalue weighted by Crippen LogP contribution is 2.42. The van der Waals surface area contributed by atoms with Gasteiger partial charge < -0.3 is 15.1 Å². The van der Waals surface area contributed by atoms with Crippen molar-refractivity contribution in [3.8, 4) is 0 Å². The lowest BCUT2D eigenvalue weighted by molar-refractivity contribution is 0.126. The first-order valence-electron chi connectivity index (χ1n) is 7.00. The van der Waals surface area contributed by atoms with Gasteiger partial charge in [-0.1, -0.05) is 15.9 Å². The van der Waals surface area contributed by atoms with Crippen LogP contribution in [0.15, 0.2) is 22.7 Å². The summed E-state index contributed by atoms with van der Waals surface area (Å²) in [6, 6.07) is 6.98. The molecule has 4 heteroatoms. The molecule has 3 nitrogen and oxygen atoms in total. The molecule has 0 radical (unpaired) electrons. The Kier molecular flexibility index (Phi) is 3.58. The van der Waals surface area contributed by atoms with Gasteiger partial charge in [0.25, 0.3) is 0 Å². The Morgan fingerprint density at radius 3 is 2.47 bits per heavy atom. The number of hydrogen-bond donors (Lipinski definition) is 2. The van der Waals surface area contributed by atoms with Gasteiger partial charge in [-0.25, -0.2) is 0 Å². The van der Waals surface area contributed by atoms with Gasteiger partial charge in [0.15, 0.2) is 0 Å². The molecule has 2 saturated heterocycles. The maximum Gasteiger partial charge on any atom is 0.0782 e. The monoisotopic (exact) mass is 325 g/mol. The fourth-order valence-corrected chi connectivity index (χ4v) is 4.02. The number of halogens is 1. The van der Waals surface area contributed by atoms with Gasteiger partial charge >= 0.3 is 0 Å². The Morgan fingerprint density at radius 2 is 1.89 bits per heavy atom. The van der Waals surface area contributed by atoms with E-state index >= 15 is 0 Å². The zero-order chi connectivity index (χ0) is 13.6. The molecule has 19 heavy (non-hydrogen) atoms. The van der Waals surface area contributed by atoms with Crippen LogP contribution in [0.2, 0.25) is 0 Å². The van der Waals surface area contributed by atoms with Crippen LogP contribution in [0.1, 0.15) is 44.3 Å². The van der Waals surface area contributed by atoms with Crippen molar-refractivity contribution in [3.05, 3.63) is 28.2 Å². The third-order valence-electron chi connectivity index (χ3n) is 4.43. The molecule has 0 saturated carbocycles. The maximum atomic E-state index is 10.0. The van der Waals surface area contributed by atoms with Crippen LogP contribution >= 0.6 is 15.9 Å². The summed E-state index contributed by atoms with van der Waals surface area (Å²) in [6.07, 6.45) is 3.38. The largest absolute Gasteiger partial charge is 0.393 e. The standard InChI is InChI=1S/C15H20BrNO2/c1-9(18)14-6-10(16)2-5-15(14)17-11-3-4-12(17)8-13(19)7-11/h2,5-6,9,11-13,18-19H,3-4,7-8H2,1H3. The first-order valence-corrected chi connectivity index (χ1v) is 7.79. The Balaban J connectivity index is 1.99. The van der Waals surface area contributed by atoms with E-state index in [9.17, 15) is 10.2 Å². The van der Waals surface area contributed by atoms with Crippen molar-refractivity contribution in [3.63, 3.8) is 0 Å². The van der Waals surface area contributed by atoms with Crippen LogP contribution in [0.3, 0.4) is 0 Å². The van der Waals surface area contributed by atoms with Gasteiger partial charge in [-0.05, 0) is 50.8 Å². The van der Waals surface area contributed by atoms with Crippen molar-refractivity contribution in [1.29, 1.82) is 0 Å². The first-order chi connectivity index (χ1) is 9.06. The molecule has 0 aliphatic carbocycles. The predicted molar refractivity (Wildman–Crippen MR) is 79.3 cm³/mol. The van der Waals surface area contributed by atoms with Gasteiger partial charge in [-0.2, -0.15) is 0 Å². The molecule has 2 fully saturated rings. The van der Waals surface area contributed by atoms with E-state index in [-0.39, 0.29) is 6.10 Å². The number of anilines is 1. The number of fused-ring (bicyclic) bond motifs is 2. The van der Waals surface area contributed by atoms with Gasteiger partial charge in [0.2, 0.25) is 0 Å². The van der Waals surface area contributed by atoms with Crippen molar-refractivity contribution < 1.29 is 10.2 Å². The second kappa shape index (κ2) is 5.08. The first kappa shape index (κ1) is 13.4. The summed E-state index contributed by atoms with van der Waals surface area (Å²) in [5.41, 5.74) is 2.11. The lowest BCUT2D eigenvalue weighted by atomic mass is 9.97. The summed E-state index contributed by atoms with van der Waals surface area (Å²) in [5.74, 6) is 0. The Labute approximate surface area is 122 Å². The number of aliphatic hydroxyl groups is 2. The molecule has 2 aliphatic heterocycles. The molecule has 3 unspecified atom stereocenters. The van der Waals surface area contributed by atoms with Gasteiger partial charge in [0.05, 0.1) is 12.2 Å². The minimum absolute atomic E-state index is 0.154. The summed E-state index contributed by atoms with van der Waals surface area (Å²) < 4.78 is 0.997. The zero-order valence-electron chi connectivity index (χ0n) is 11.1. The van der Waals surface area contributed by atoms with Crippen LogP contribution in [0, 0.1) is 0 Å². The minimum atomic E-state index is -0.473. The number of rotatable bonds is 2. The second-order valence-electron chi connectivity index (χ2n) is 5.80. The average molecular weight is 326 g/mol. The molecule has 2 heterocycles. The van der Waals surface area contributed by atoms with Crippen LogP contribution in [0.25, 0.3) is 0 Å². The molecule has 2 aliphatic rings. The summed E-state index contributed by atoms with van der Waals surface area (Å²) in [6.45, 7) is 1.81. The normalized spacial score (nSPS) is 31.6. The molecule has 104 valence electrons. The predicted octanol–water partition coefficient (Wildman–Crippen LogP) is 2.99. The highest BCUT2D eigenvalue weighted by Gasteiger charge is 2.41. The number of aliphatic hydroxyl groups excluding tert-OH is 2. The van der Waals surface area contributed by atoms with E-state index in [0.717, 1.165) is 41.4 Å². The second-order valence-corrected chi connectivity index (χ2v) is 6.71. The maximum absolute atomic E-state index is 10.0. The summed E-state index contributed by atoms with van der Waals surface area (Å²) in [7, 11) is 0. The average Bonchev–Trinajstić information content (AvgIpc) is 2.62. The van der Waals surface area contributed by atoms with E-state index < -0.39 is 6.10 Å². The van der Waals surface area contributed by atoms with Crippen molar-refractivity contribution in [2.24, 2.45) is 0 Å². The molecule has 3 rings (SSSR count). The van der Waals surface area contributed by atoms with Crippen molar-refractivity contribution in [2.75, 3.05) is 4.90 Å². The molecular weight excluding hydrogens is 306 g/mol. The molecule has 2 bridgehead atoms. The van der Waals surface area contributed by atoms with E-state index in [1.165, 1.54) is 0 Å². The minimum Gasteiger partial charge on any atom is -0.393 e. The van der Waals surface area contributed by atoms with Crippen LogP contribution in [-0.2, 0) is 0 Å². The summed E-state index contributed by atoms with van der Waals surface area (Å²) >= 11 is 3.47. The van der Waals surface area contributed by atoms with E-state index in [1.54, 1.807) is 0 Å². The lowest BCUT2D eigenvalue weighted by Gasteiger charge is -2.40. The number of nitrogens with zero attached hydrogens (tertiary/aromatic N) is 1. The Morgan fingerprint density at radius 1 is 1.26 bits per heavy atom. The summed E-state index contributed by atoms with van der Waals surface area (Å²) in [5, 5.41) is 19.9. The number of hydrogen-bond acceptors (Lipinski definition) is 3. The number of benzene rings is 1. The fourth-order valence-electron chi connectivity index (χ4n) is 3.64. The zero-order valence-corrected chi connectivity index (χ0v) is 12.7. The third-order valence-corrected chi connectivity index (χ3v) is 4.92. The van der Waals surface area contributed by atoms with Gasteiger partial charge in [0, 0.05) is 27.8 Å². The van der Waals surface area contributed by atoms with E-state index in [4.69, 9.17) is 0 Å². The SMILES string of the molecule is CC(O)c1cc(Br)ccc1N1C2CCC1CC(O)C2. The fraction of sp³-hybridized carbons (Fsp3) is 0.600. The molecule has 0 amide bonds. The Bertz CT molecular complexity index is 463. The van der Waals surface area contributed by atoms with Gasteiger partial charge in [0.1, 0.15) is 0 Å². The number of piperidine rings is 1. The van der Waals surface area contributed by atoms with Crippen molar-refractivity contribution >= 4 is 21.6 Å². The highest BCUT2D eigenvalue weighted by atomic mass is 79.9. The highest BCUT2D eigenvalue weighted by molar-refractivity contribution is 9.10. The lowest BCUT2D eigenvalue weighted by Crippen LogP contribution is -2.45. The molecular formula is C15H20BrNO2. The van der Waals surface area contributed by atoms with E-state index in [0.29, 0.717) is 12.1 Å². The molecule has 0 aromatic heterocycles. The molecule has 0 spiro atoms. The van der Waals surface area contributed by atoms with E-state index in [2.05, 4.69) is 26.9 Å². The van der Waals surface area contributed by atoms with Crippen molar-refractivity contribution in [1.82, 2.24) is 0 Å². The quantitative estimate of drug-likeness (QED) is 0.878. The molecule has 1 aromatic carbocycles. The van der Waals surface area contributed by atoms with Crippen LogP contribution < -0.4 is 4.90 Å². The molecule has 2 N–H and O–H groups in total. The Hall–Kier alpha value is -0.580. The topological polar surface area (TPSA) is 43.7 Å². The van der Waals surface area contributed by atoms with Crippen LogP contribution in [0.4, 0.5) is 5.69 Å². The van der Waals surface area contributed by atoms with Gasteiger partial charge in [-0.3, -0.25) is 0 Å². The van der Waals surface area contributed by atoms with Crippen molar-refractivity contribution in [2.45, 2.75) is 56.9 Å². The van der Waals surface area contributed by atoms with Crippen LogP contribution in [0.5, 0.6) is 0 Å². The molecule has 1 aromatic rings. The van der Waals surface area contributed by atoms with E-state index in [1.807, 2.05) is 19.1 Å².